The highest BCUT2D eigenvalue weighted by molar-refractivity contribution is 5.77. The zero-order chi connectivity index (χ0) is 19.0. The fourth-order valence-corrected chi connectivity index (χ4v) is 4.42. The number of piperidine rings is 2. The van der Waals surface area contributed by atoms with E-state index in [0.717, 1.165) is 42.9 Å². The lowest BCUT2D eigenvalue weighted by Gasteiger charge is -2.50. The van der Waals surface area contributed by atoms with E-state index in [2.05, 4.69) is 28.9 Å². The number of aromatic amines is 1. The number of hydrogen-bond donors (Lipinski definition) is 2. The molecule has 2 atom stereocenters. The first-order chi connectivity index (χ1) is 13.0. The van der Waals surface area contributed by atoms with E-state index in [1.54, 1.807) is 0 Å². The molecule has 0 saturated carbocycles. The Hall–Kier alpha value is -1.96. The van der Waals surface area contributed by atoms with Crippen molar-refractivity contribution in [2.24, 2.45) is 5.92 Å². The maximum atomic E-state index is 12.2. The molecule has 146 valence electrons. The fourth-order valence-electron chi connectivity index (χ4n) is 4.42. The van der Waals surface area contributed by atoms with Gasteiger partial charge in [0.15, 0.2) is 0 Å². The fraction of sp³-hybridized carbons (Fsp3) is 0.600. The average Bonchev–Trinajstić information content (AvgIpc) is 3.03. The van der Waals surface area contributed by atoms with Crippen LogP contribution in [0.5, 0.6) is 0 Å². The summed E-state index contributed by atoms with van der Waals surface area (Å²) < 4.78 is 4.98. The van der Waals surface area contributed by atoms with Crippen LogP contribution >= 0.6 is 0 Å². The van der Waals surface area contributed by atoms with Crippen LogP contribution in [0.1, 0.15) is 24.2 Å². The summed E-state index contributed by atoms with van der Waals surface area (Å²) in [6.45, 7) is 5.72. The number of methoxy groups -OCH3 is 1. The van der Waals surface area contributed by atoms with E-state index in [9.17, 15) is 9.90 Å². The summed E-state index contributed by atoms with van der Waals surface area (Å²) in [7, 11) is 1.54. The van der Waals surface area contributed by atoms with Gasteiger partial charge in [-0.3, -0.25) is 9.69 Å². The molecule has 0 aliphatic carbocycles. The van der Waals surface area contributed by atoms with E-state index in [4.69, 9.17) is 9.72 Å². The Morgan fingerprint density at radius 1 is 1.37 bits per heavy atom. The van der Waals surface area contributed by atoms with Gasteiger partial charge >= 0.3 is 0 Å². The zero-order valence-corrected chi connectivity index (χ0v) is 16.1. The topological polar surface area (TPSA) is 81.7 Å². The van der Waals surface area contributed by atoms with Gasteiger partial charge < -0.3 is 19.7 Å². The first-order valence-electron chi connectivity index (χ1n) is 9.63. The summed E-state index contributed by atoms with van der Waals surface area (Å²) in [5.74, 6) is 1.01. The van der Waals surface area contributed by atoms with Crippen molar-refractivity contribution >= 4 is 16.9 Å². The number of nitrogens with one attached hydrogen (secondary N) is 1. The number of carbonyl (C=O) groups excluding carboxylic acids is 1. The van der Waals surface area contributed by atoms with Crippen molar-refractivity contribution in [3.63, 3.8) is 0 Å². The molecule has 1 amide bonds. The number of H-pyrrole nitrogens is 1. The van der Waals surface area contributed by atoms with Gasteiger partial charge in [0.1, 0.15) is 12.4 Å². The van der Waals surface area contributed by atoms with Gasteiger partial charge in [-0.05, 0) is 37.5 Å². The average molecular weight is 372 g/mol. The number of amides is 1. The highest BCUT2D eigenvalue weighted by atomic mass is 16.5. The smallest absolute Gasteiger partial charge is 0.248 e. The van der Waals surface area contributed by atoms with Crippen molar-refractivity contribution < 1.29 is 14.6 Å². The maximum absolute atomic E-state index is 12.2. The van der Waals surface area contributed by atoms with Crippen molar-refractivity contribution in [1.29, 1.82) is 0 Å². The number of benzene rings is 1. The molecule has 1 aromatic heterocycles. The lowest BCUT2D eigenvalue weighted by molar-refractivity contribution is -0.150. The van der Waals surface area contributed by atoms with E-state index in [0.29, 0.717) is 19.5 Å². The Kier molecular flexibility index (Phi) is 4.92. The minimum Gasteiger partial charge on any atom is -0.389 e. The molecule has 0 spiro atoms. The molecule has 2 fully saturated rings. The van der Waals surface area contributed by atoms with Crippen LogP contribution in [0.3, 0.4) is 0 Å². The Morgan fingerprint density at radius 3 is 3.00 bits per heavy atom. The third-order valence-electron chi connectivity index (χ3n) is 6.04. The molecule has 3 heterocycles. The largest absolute Gasteiger partial charge is 0.389 e. The highest BCUT2D eigenvalue weighted by Crippen LogP contribution is 2.36. The van der Waals surface area contributed by atoms with E-state index in [-0.39, 0.29) is 18.4 Å². The number of aromatic nitrogens is 2. The Morgan fingerprint density at radius 2 is 2.19 bits per heavy atom. The third kappa shape index (κ3) is 3.72. The summed E-state index contributed by atoms with van der Waals surface area (Å²) in [6.07, 6.45) is 1.38. The van der Waals surface area contributed by atoms with Crippen molar-refractivity contribution in [3.8, 4) is 0 Å². The molecule has 2 saturated heterocycles. The van der Waals surface area contributed by atoms with E-state index in [1.165, 1.54) is 12.7 Å². The molecule has 0 radical (unpaired) electrons. The summed E-state index contributed by atoms with van der Waals surface area (Å²) in [5.41, 5.74) is 2.60. The van der Waals surface area contributed by atoms with Crippen LogP contribution in [0.4, 0.5) is 0 Å². The van der Waals surface area contributed by atoms with Crippen LogP contribution in [-0.4, -0.2) is 76.3 Å². The molecule has 1 aromatic carbocycles. The van der Waals surface area contributed by atoms with Gasteiger partial charge in [-0.1, -0.05) is 6.07 Å². The highest BCUT2D eigenvalue weighted by Gasteiger charge is 2.45. The van der Waals surface area contributed by atoms with Crippen LogP contribution < -0.4 is 0 Å². The number of aryl methyl sites for hydroxylation is 1. The van der Waals surface area contributed by atoms with Crippen molar-refractivity contribution in [1.82, 2.24) is 19.8 Å². The zero-order valence-electron chi connectivity index (χ0n) is 16.1. The number of imidazole rings is 1. The monoisotopic (exact) mass is 372 g/mol. The van der Waals surface area contributed by atoms with Gasteiger partial charge in [0, 0.05) is 39.2 Å². The van der Waals surface area contributed by atoms with Gasteiger partial charge in [-0.25, -0.2) is 4.98 Å². The first-order valence-corrected chi connectivity index (χ1v) is 9.63. The number of fused-ring (bicyclic) bond motifs is 2. The molecule has 2 aromatic rings. The van der Waals surface area contributed by atoms with Crippen LogP contribution in [0.2, 0.25) is 0 Å². The minimum atomic E-state index is -0.661. The second-order valence-electron chi connectivity index (χ2n) is 8.01. The van der Waals surface area contributed by atoms with Crippen molar-refractivity contribution in [3.05, 3.63) is 29.6 Å². The van der Waals surface area contributed by atoms with Crippen molar-refractivity contribution in [2.45, 2.75) is 31.9 Å². The Bertz CT molecular complexity index is 836. The lowest BCUT2D eigenvalue weighted by Crippen LogP contribution is -2.60. The molecule has 4 rings (SSSR count). The first kappa shape index (κ1) is 18.4. The molecule has 27 heavy (non-hydrogen) atoms. The molecule has 2 aliphatic heterocycles. The van der Waals surface area contributed by atoms with E-state index >= 15 is 0 Å². The Labute approximate surface area is 159 Å². The molecular weight excluding hydrogens is 344 g/mol. The molecular formula is C20H28N4O3. The second-order valence-corrected chi connectivity index (χ2v) is 8.01. The third-order valence-corrected chi connectivity index (χ3v) is 6.04. The molecule has 2 N–H and O–H groups in total. The summed E-state index contributed by atoms with van der Waals surface area (Å²) in [6, 6.07) is 6.23. The second kappa shape index (κ2) is 7.22. The van der Waals surface area contributed by atoms with Crippen LogP contribution in [-0.2, 0) is 16.1 Å². The molecule has 7 heteroatoms. The predicted octanol–water partition coefficient (Wildman–Crippen LogP) is 1.30. The molecule has 0 unspecified atom stereocenters. The number of likely N-dealkylation sites (tertiary alicyclic amines) is 2. The molecule has 2 aliphatic rings. The molecule has 0 bridgehead atoms. The normalized spacial score (nSPS) is 26.3. The quantitative estimate of drug-likeness (QED) is 0.846. The molecule has 7 nitrogen and oxygen atoms in total. The summed E-state index contributed by atoms with van der Waals surface area (Å²) in [5, 5.41) is 11.0. The van der Waals surface area contributed by atoms with E-state index in [1.807, 2.05) is 11.0 Å². The van der Waals surface area contributed by atoms with Crippen LogP contribution in [0.25, 0.3) is 11.0 Å². The minimum absolute atomic E-state index is 0.00401. The van der Waals surface area contributed by atoms with Gasteiger partial charge in [-0.15, -0.1) is 0 Å². The van der Waals surface area contributed by atoms with Gasteiger partial charge in [-0.2, -0.15) is 0 Å². The summed E-state index contributed by atoms with van der Waals surface area (Å²) >= 11 is 0. The van der Waals surface area contributed by atoms with Gasteiger partial charge in [0.25, 0.3) is 0 Å². The SMILES string of the molecule is COCC(=O)N1CC[C@]2(O)CCN(Cc3nc4ccc(C)cc4[nH]3)C[C@@H]2C1. The standard InChI is InChI=1S/C20H28N4O3/c1-14-3-4-16-17(9-14)22-18(21-16)12-23-7-5-20(26)6-8-24(11-15(20)10-23)19(25)13-27-2/h3-4,9,15,26H,5-8,10-13H2,1-2H3,(H,21,22)/t15-,20-/m1/s1. The predicted molar refractivity (Wildman–Crippen MR) is 102 cm³/mol. The maximum Gasteiger partial charge on any atom is 0.248 e. The lowest BCUT2D eigenvalue weighted by atomic mass is 9.75. The number of rotatable bonds is 4. The Balaban J connectivity index is 1.44. The number of carbonyl (C=O) groups is 1. The van der Waals surface area contributed by atoms with Gasteiger partial charge in [0.05, 0.1) is 23.2 Å². The number of aliphatic hydroxyl groups is 1. The summed E-state index contributed by atoms with van der Waals surface area (Å²) in [4.78, 5) is 24.4. The van der Waals surface area contributed by atoms with Crippen LogP contribution in [0.15, 0.2) is 18.2 Å². The number of nitrogens with zero attached hydrogens (tertiary/aromatic N) is 3. The number of ether oxygens (including phenoxy) is 1. The van der Waals surface area contributed by atoms with Crippen molar-refractivity contribution in [2.75, 3.05) is 39.9 Å². The van der Waals surface area contributed by atoms with E-state index < -0.39 is 5.60 Å². The van der Waals surface area contributed by atoms with Gasteiger partial charge in [0.2, 0.25) is 5.91 Å². The number of hydrogen-bond acceptors (Lipinski definition) is 5. The van der Waals surface area contributed by atoms with Crippen LogP contribution in [0, 0.1) is 12.8 Å².